The molecule has 0 rings (SSSR count). The van der Waals surface area contributed by atoms with E-state index in [1.54, 1.807) is 6.08 Å². The molecule has 0 saturated heterocycles. The third-order valence-corrected chi connectivity index (χ3v) is 1.04. The molecule has 4 heteroatoms. The van der Waals surface area contributed by atoms with Crippen molar-refractivity contribution < 1.29 is 19.1 Å². The van der Waals surface area contributed by atoms with Gasteiger partial charge in [-0.05, 0) is 0 Å². The molecule has 0 aliphatic carbocycles. The van der Waals surface area contributed by atoms with Gasteiger partial charge in [-0.25, -0.2) is 4.79 Å². The minimum absolute atomic E-state index is 0.294. The van der Waals surface area contributed by atoms with Gasteiger partial charge in [0.25, 0.3) is 0 Å². The van der Waals surface area contributed by atoms with Crippen molar-refractivity contribution in [2.45, 2.75) is 13.3 Å². The van der Waals surface area contributed by atoms with E-state index in [-0.39, 0.29) is 5.97 Å². The van der Waals surface area contributed by atoms with E-state index in [0.717, 1.165) is 0 Å². The van der Waals surface area contributed by atoms with Crippen LogP contribution in [-0.4, -0.2) is 25.7 Å². The number of rotatable bonds is 4. The fourth-order valence-corrected chi connectivity index (χ4v) is 0.518. The Morgan fingerprint density at radius 2 is 2.08 bits per heavy atom. The van der Waals surface area contributed by atoms with E-state index in [0.29, 0.717) is 13.0 Å². The Morgan fingerprint density at radius 1 is 1.42 bits per heavy atom. The molecule has 0 radical (unpaired) electrons. The van der Waals surface area contributed by atoms with Gasteiger partial charge in [-0.3, -0.25) is 4.79 Å². The van der Waals surface area contributed by atoms with Gasteiger partial charge in [-0.2, -0.15) is 0 Å². The first-order chi connectivity index (χ1) is 5.66. The van der Waals surface area contributed by atoms with E-state index in [9.17, 15) is 9.59 Å². The molecule has 0 aromatic carbocycles. The van der Waals surface area contributed by atoms with E-state index in [2.05, 4.69) is 9.47 Å². The molecular formula is C8H12O4. The van der Waals surface area contributed by atoms with Crippen molar-refractivity contribution in [1.29, 1.82) is 0 Å². The predicted molar refractivity (Wildman–Crippen MR) is 42.4 cm³/mol. The predicted octanol–water partition coefficient (Wildman–Crippen LogP) is 0.669. The van der Waals surface area contributed by atoms with Crippen LogP contribution in [0.15, 0.2) is 12.2 Å². The summed E-state index contributed by atoms with van der Waals surface area (Å²) < 4.78 is 8.96. The van der Waals surface area contributed by atoms with Crippen LogP contribution in [-0.2, 0) is 19.1 Å². The van der Waals surface area contributed by atoms with Gasteiger partial charge >= 0.3 is 11.9 Å². The van der Waals surface area contributed by atoms with Gasteiger partial charge in [0.15, 0.2) is 0 Å². The summed E-state index contributed by atoms with van der Waals surface area (Å²) in [6.07, 6.45) is 3.41. The molecule has 0 atom stereocenters. The molecule has 4 nitrogen and oxygen atoms in total. The first-order valence-electron chi connectivity index (χ1n) is 3.54. The maximum absolute atomic E-state index is 10.5. The van der Waals surface area contributed by atoms with Gasteiger partial charge in [-0.1, -0.05) is 6.08 Å². The van der Waals surface area contributed by atoms with Crippen LogP contribution in [0.5, 0.6) is 0 Å². The molecule has 0 aliphatic heterocycles. The average molecular weight is 172 g/mol. The van der Waals surface area contributed by atoms with Crippen LogP contribution in [0.25, 0.3) is 0 Å². The minimum Gasteiger partial charge on any atom is -0.466 e. The van der Waals surface area contributed by atoms with Crippen molar-refractivity contribution in [3.05, 3.63) is 12.2 Å². The second-order valence-electron chi connectivity index (χ2n) is 2.05. The number of methoxy groups -OCH3 is 1. The lowest BCUT2D eigenvalue weighted by atomic mass is 10.4. The first-order valence-corrected chi connectivity index (χ1v) is 3.54. The summed E-state index contributed by atoms with van der Waals surface area (Å²) in [7, 11) is 1.30. The molecule has 0 aromatic rings. The summed E-state index contributed by atoms with van der Waals surface area (Å²) in [5.41, 5.74) is 0. The first kappa shape index (κ1) is 10.7. The fraction of sp³-hybridized carbons (Fsp3) is 0.500. The van der Waals surface area contributed by atoms with E-state index in [1.165, 1.54) is 20.1 Å². The summed E-state index contributed by atoms with van der Waals surface area (Å²) in [5, 5.41) is 0. The Morgan fingerprint density at radius 3 is 2.58 bits per heavy atom. The summed E-state index contributed by atoms with van der Waals surface area (Å²) in [6.45, 7) is 1.63. The second kappa shape index (κ2) is 6.39. The summed E-state index contributed by atoms with van der Waals surface area (Å²) in [5.74, 6) is -0.723. The molecule has 0 bridgehead atoms. The zero-order valence-electron chi connectivity index (χ0n) is 7.20. The van der Waals surface area contributed by atoms with Crippen molar-refractivity contribution in [1.82, 2.24) is 0 Å². The summed E-state index contributed by atoms with van der Waals surface area (Å²) in [4.78, 5) is 20.8. The van der Waals surface area contributed by atoms with Crippen molar-refractivity contribution in [2.24, 2.45) is 0 Å². The molecule has 0 unspecified atom stereocenters. The highest BCUT2D eigenvalue weighted by Gasteiger charge is 1.91. The molecule has 0 amide bonds. The zero-order chi connectivity index (χ0) is 9.40. The molecule has 0 spiro atoms. The third-order valence-electron chi connectivity index (χ3n) is 1.04. The van der Waals surface area contributed by atoms with Crippen LogP contribution < -0.4 is 0 Å². The Kier molecular flexibility index (Phi) is 5.69. The second-order valence-corrected chi connectivity index (χ2v) is 2.05. The Balaban J connectivity index is 3.36. The van der Waals surface area contributed by atoms with E-state index in [1.807, 2.05) is 0 Å². The van der Waals surface area contributed by atoms with Crippen LogP contribution >= 0.6 is 0 Å². The molecule has 0 heterocycles. The van der Waals surface area contributed by atoms with Crippen LogP contribution in [0, 0.1) is 0 Å². The van der Waals surface area contributed by atoms with E-state index >= 15 is 0 Å². The standard InChI is InChI=1S/C8H12O4/c1-7(9)12-6-4-3-5-8(10)11-2/h3,5H,4,6H2,1-2H3/b5-3+. The van der Waals surface area contributed by atoms with Gasteiger partial charge in [0.05, 0.1) is 13.7 Å². The van der Waals surface area contributed by atoms with E-state index < -0.39 is 5.97 Å². The zero-order valence-corrected chi connectivity index (χ0v) is 7.20. The number of ether oxygens (including phenoxy) is 2. The SMILES string of the molecule is COC(=O)/C=C/CCOC(C)=O. The van der Waals surface area contributed by atoms with Gasteiger partial charge in [0.1, 0.15) is 0 Å². The largest absolute Gasteiger partial charge is 0.466 e. The van der Waals surface area contributed by atoms with Gasteiger partial charge in [0, 0.05) is 19.4 Å². The summed E-state index contributed by atoms with van der Waals surface area (Å²) >= 11 is 0. The molecule has 0 aromatic heterocycles. The maximum atomic E-state index is 10.5. The van der Waals surface area contributed by atoms with Gasteiger partial charge in [-0.15, -0.1) is 0 Å². The van der Waals surface area contributed by atoms with Crippen molar-refractivity contribution in [3.8, 4) is 0 Å². The highest BCUT2D eigenvalue weighted by Crippen LogP contribution is 1.87. The lowest BCUT2D eigenvalue weighted by molar-refractivity contribution is -0.140. The lowest BCUT2D eigenvalue weighted by Crippen LogP contribution is -1.99. The molecule has 0 N–H and O–H groups in total. The normalized spacial score (nSPS) is 9.83. The van der Waals surface area contributed by atoms with Crippen LogP contribution in [0.2, 0.25) is 0 Å². The monoisotopic (exact) mass is 172 g/mol. The molecule has 12 heavy (non-hydrogen) atoms. The van der Waals surface area contributed by atoms with Crippen molar-refractivity contribution in [2.75, 3.05) is 13.7 Å². The number of esters is 2. The Labute approximate surface area is 71.2 Å². The number of carbonyl (C=O) groups is 2. The van der Waals surface area contributed by atoms with Crippen LogP contribution in [0.3, 0.4) is 0 Å². The average Bonchev–Trinajstić information content (AvgIpc) is 2.03. The summed E-state index contributed by atoms with van der Waals surface area (Å²) in [6, 6.07) is 0. The van der Waals surface area contributed by atoms with Crippen molar-refractivity contribution >= 4 is 11.9 Å². The number of carbonyl (C=O) groups excluding carboxylic acids is 2. The Bertz CT molecular complexity index is 183. The van der Waals surface area contributed by atoms with Gasteiger partial charge in [0.2, 0.25) is 0 Å². The Hall–Kier alpha value is -1.32. The van der Waals surface area contributed by atoms with Gasteiger partial charge < -0.3 is 9.47 Å². The van der Waals surface area contributed by atoms with Crippen LogP contribution in [0.4, 0.5) is 0 Å². The van der Waals surface area contributed by atoms with Crippen molar-refractivity contribution in [3.63, 3.8) is 0 Å². The molecule has 0 fully saturated rings. The molecule has 68 valence electrons. The molecule has 0 aliphatic rings. The fourth-order valence-electron chi connectivity index (χ4n) is 0.518. The third kappa shape index (κ3) is 6.80. The maximum Gasteiger partial charge on any atom is 0.330 e. The number of hydrogen-bond donors (Lipinski definition) is 0. The molecular weight excluding hydrogens is 160 g/mol. The highest BCUT2D eigenvalue weighted by molar-refractivity contribution is 5.81. The topological polar surface area (TPSA) is 52.6 Å². The van der Waals surface area contributed by atoms with Crippen LogP contribution in [0.1, 0.15) is 13.3 Å². The smallest absolute Gasteiger partial charge is 0.330 e. The highest BCUT2D eigenvalue weighted by atomic mass is 16.5. The lowest BCUT2D eigenvalue weighted by Gasteiger charge is -1.96. The number of hydrogen-bond acceptors (Lipinski definition) is 4. The minimum atomic E-state index is -0.405. The quantitative estimate of drug-likeness (QED) is 0.355. The molecule has 0 saturated carbocycles. The van der Waals surface area contributed by atoms with E-state index in [4.69, 9.17) is 0 Å².